The van der Waals surface area contributed by atoms with Crippen LogP contribution in [0.25, 0.3) is 10.2 Å². The molecule has 134 valence electrons. The zero-order valence-electron chi connectivity index (χ0n) is 15.1. The number of amides is 1. The van der Waals surface area contributed by atoms with Gasteiger partial charge in [-0.15, -0.1) is 11.3 Å². The Morgan fingerprint density at radius 1 is 1.15 bits per heavy atom. The number of thiophene rings is 1. The van der Waals surface area contributed by atoms with E-state index in [0.717, 1.165) is 45.7 Å². The third-order valence-corrected chi connectivity index (χ3v) is 6.11. The van der Waals surface area contributed by atoms with Gasteiger partial charge in [-0.1, -0.05) is 18.2 Å². The molecule has 0 unspecified atom stereocenters. The number of aromatic nitrogens is 2. The summed E-state index contributed by atoms with van der Waals surface area (Å²) in [5.74, 6) is 0.698. The molecule has 26 heavy (non-hydrogen) atoms. The van der Waals surface area contributed by atoms with Gasteiger partial charge in [0.15, 0.2) is 0 Å². The minimum Gasteiger partial charge on any atom is -0.360 e. The van der Waals surface area contributed by atoms with E-state index in [0.29, 0.717) is 0 Å². The van der Waals surface area contributed by atoms with Gasteiger partial charge in [-0.3, -0.25) is 4.79 Å². The molecular formula is C20H22N4OS. The molecule has 0 fully saturated rings. The van der Waals surface area contributed by atoms with Crippen molar-refractivity contribution in [2.24, 2.45) is 0 Å². The number of para-hydroxylation sites is 1. The average Bonchev–Trinajstić information content (AvgIpc) is 3.02. The molecule has 1 amide bonds. The van der Waals surface area contributed by atoms with Crippen LogP contribution < -0.4 is 10.6 Å². The standard InChI is InChI=1S/C20H22N4OS/c1-12-6-5-7-13(2)18(12)24-16(25)10-21-19-17-14-8-3-4-9-15(14)26-20(17)23-11-22-19/h5-7,11H,3-4,8-10H2,1-2H3,(H,24,25)(H,21,22,23). The molecule has 1 aromatic carbocycles. The number of nitrogens with one attached hydrogen (secondary N) is 2. The van der Waals surface area contributed by atoms with Gasteiger partial charge in [-0.05, 0) is 56.2 Å². The van der Waals surface area contributed by atoms with Crippen LogP contribution in [-0.2, 0) is 17.6 Å². The van der Waals surface area contributed by atoms with E-state index in [1.165, 1.54) is 23.3 Å². The number of aryl methyl sites for hydroxylation is 4. The lowest BCUT2D eigenvalue weighted by atomic mass is 9.97. The summed E-state index contributed by atoms with van der Waals surface area (Å²) < 4.78 is 0. The topological polar surface area (TPSA) is 66.9 Å². The average molecular weight is 366 g/mol. The number of fused-ring (bicyclic) bond motifs is 3. The summed E-state index contributed by atoms with van der Waals surface area (Å²) in [5.41, 5.74) is 4.39. The fraction of sp³-hybridized carbons (Fsp3) is 0.350. The number of benzene rings is 1. The first-order valence-electron chi connectivity index (χ1n) is 8.98. The van der Waals surface area contributed by atoms with Crippen LogP contribution in [0.15, 0.2) is 24.5 Å². The Kier molecular flexibility index (Phi) is 4.59. The van der Waals surface area contributed by atoms with Crippen LogP contribution in [-0.4, -0.2) is 22.4 Å². The normalized spacial score (nSPS) is 13.5. The zero-order valence-corrected chi connectivity index (χ0v) is 15.9. The second-order valence-corrected chi connectivity index (χ2v) is 7.87. The molecule has 6 heteroatoms. The van der Waals surface area contributed by atoms with Crippen LogP contribution in [0.1, 0.15) is 34.4 Å². The molecule has 1 aliphatic carbocycles. The van der Waals surface area contributed by atoms with Crippen molar-refractivity contribution in [2.75, 3.05) is 17.2 Å². The lowest BCUT2D eigenvalue weighted by Crippen LogP contribution is -2.23. The second kappa shape index (κ2) is 7.03. The van der Waals surface area contributed by atoms with Crippen LogP contribution in [0, 0.1) is 13.8 Å². The molecule has 0 radical (unpaired) electrons. The first-order valence-corrected chi connectivity index (χ1v) is 9.80. The Morgan fingerprint density at radius 3 is 2.73 bits per heavy atom. The van der Waals surface area contributed by atoms with E-state index in [4.69, 9.17) is 0 Å². The molecule has 1 aliphatic rings. The van der Waals surface area contributed by atoms with Crippen LogP contribution in [0.2, 0.25) is 0 Å². The van der Waals surface area contributed by atoms with E-state index in [-0.39, 0.29) is 12.5 Å². The Hall–Kier alpha value is -2.47. The highest BCUT2D eigenvalue weighted by molar-refractivity contribution is 7.19. The molecule has 2 N–H and O–H groups in total. The summed E-state index contributed by atoms with van der Waals surface area (Å²) in [7, 11) is 0. The van der Waals surface area contributed by atoms with Gasteiger partial charge in [0.1, 0.15) is 17.0 Å². The fourth-order valence-electron chi connectivity index (χ4n) is 3.58. The van der Waals surface area contributed by atoms with E-state index in [1.54, 1.807) is 17.7 Å². The monoisotopic (exact) mass is 366 g/mol. The van der Waals surface area contributed by atoms with Crippen LogP contribution in [0.5, 0.6) is 0 Å². The molecule has 5 nitrogen and oxygen atoms in total. The molecule has 4 rings (SSSR count). The largest absolute Gasteiger partial charge is 0.360 e. The van der Waals surface area contributed by atoms with Crippen molar-refractivity contribution < 1.29 is 4.79 Å². The molecule has 0 atom stereocenters. The summed E-state index contributed by atoms with van der Waals surface area (Å²) in [6, 6.07) is 6.00. The van der Waals surface area contributed by atoms with E-state index >= 15 is 0 Å². The number of hydrogen-bond acceptors (Lipinski definition) is 5. The maximum Gasteiger partial charge on any atom is 0.243 e. The molecule has 2 heterocycles. The van der Waals surface area contributed by atoms with Crippen molar-refractivity contribution >= 4 is 39.0 Å². The second-order valence-electron chi connectivity index (χ2n) is 6.78. The summed E-state index contributed by atoms with van der Waals surface area (Å²) in [6.07, 6.45) is 6.24. The molecule has 0 aliphatic heterocycles. The Morgan fingerprint density at radius 2 is 1.92 bits per heavy atom. The van der Waals surface area contributed by atoms with Gasteiger partial charge in [-0.25, -0.2) is 9.97 Å². The van der Waals surface area contributed by atoms with Crippen LogP contribution >= 0.6 is 11.3 Å². The van der Waals surface area contributed by atoms with E-state index in [2.05, 4.69) is 20.6 Å². The first-order chi connectivity index (χ1) is 12.6. The van der Waals surface area contributed by atoms with E-state index in [1.807, 2.05) is 32.0 Å². The third-order valence-electron chi connectivity index (χ3n) is 4.91. The molecule has 0 saturated heterocycles. The van der Waals surface area contributed by atoms with Crippen molar-refractivity contribution in [1.82, 2.24) is 9.97 Å². The van der Waals surface area contributed by atoms with Gasteiger partial charge in [0.05, 0.1) is 11.9 Å². The number of nitrogens with zero attached hydrogens (tertiary/aromatic N) is 2. The van der Waals surface area contributed by atoms with E-state index in [9.17, 15) is 4.79 Å². The summed E-state index contributed by atoms with van der Waals surface area (Å²) in [5, 5.41) is 7.34. The van der Waals surface area contributed by atoms with Crippen molar-refractivity contribution in [3.63, 3.8) is 0 Å². The zero-order chi connectivity index (χ0) is 18.1. The molecular weight excluding hydrogens is 344 g/mol. The summed E-state index contributed by atoms with van der Waals surface area (Å²) >= 11 is 1.76. The molecule has 0 saturated carbocycles. The number of rotatable bonds is 4. The first kappa shape index (κ1) is 17.0. The maximum atomic E-state index is 12.4. The molecule has 0 bridgehead atoms. The summed E-state index contributed by atoms with van der Waals surface area (Å²) in [4.78, 5) is 23.7. The molecule has 2 aromatic heterocycles. The van der Waals surface area contributed by atoms with Gasteiger partial charge in [-0.2, -0.15) is 0 Å². The van der Waals surface area contributed by atoms with Crippen molar-refractivity contribution in [1.29, 1.82) is 0 Å². The van der Waals surface area contributed by atoms with Crippen molar-refractivity contribution in [3.8, 4) is 0 Å². The molecule has 3 aromatic rings. The lowest BCUT2D eigenvalue weighted by molar-refractivity contribution is -0.114. The van der Waals surface area contributed by atoms with Crippen LogP contribution in [0.4, 0.5) is 11.5 Å². The van der Waals surface area contributed by atoms with Gasteiger partial charge in [0, 0.05) is 10.6 Å². The van der Waals surface area contributed by atoms with Crippen LogP contribution in [0.3, 0.4) is 0 Å². The maximum absolute atomic E-state index is 12.4. The van der Waals surface area contributed by atoms with Gasteiger partial charge >= 0.3 is 0 Å². The Labute approximate surface area is 156 Å². The quantitative estimate of drug-likeness (QED) is 0.725. The van der Waals surface area contributed by atoms with Gasteiger partial charge in [0.2, 0.25) is 5.91 Å². The minimum atomic E-state index is -0.0711. The van der Waals surface area contributed by atoms with Gasteiger partial charge < -0.3 is 10.6 Å². The van der Waals surface area contributed by atoms with Crippen molar-refractivity contribution in [2.45, 2.75) is 39.5 Å². The number of hydrogen-bond donors (Lipinski definition) is 2. The SMILES string of the molecule is Cc1cccc(C)c1NC(=O)CNc1ncnc2sc3c(c12)CCCC3. The smallest absolute Gasteiger partial charge is 0.243 e. The highest BCUT2D eigenvalue weighted by atomic mass is 32.1. The summed E-state index contributed by atoms with van der Waals surface area (Å²) in [6.45, 7) is 4.19. The lowest BCUT2D eigenvalue weighted by Gasteiger charge is -2.14. The number of carbonyl (C=O) groups is 1. The molecule has 0 spiro atoms. The fourth-order valence-corrected chi connectivity index (χ4v) is 4.81. The highest BCUT2D eigenvalue weighted by Crippen LogP contribution is 2.38. The third kappa shape index (κ3) is 3.17. The Balaban J connectivity index is 1.53. The minimum absolute atomic E-state index is 0.0711. The van der Waals surface area contributed by atoms with Crippen molar-refractivity contribution in [3.05, 3.63) is 46.1 Å². The number of carbonyl (C=O) groups excluding carboxylic acids is 1. The van der Waals surface area contributed by atoms with Gasteiger partial charge in [0.25, 0.3) is 0 Å². The highest BCUT2D eigenvalue weighted by Gasteiger charge is 2.20. The Bertz CT molecular complexity index is 959. The van der Waals surface area contributed by atoms with E-state index < -0.39 is 0 Å². The number of anilines is 2. The predicted molar refractivity (Wildman–Crippen MR) is 107 cm³/mol. The predicted octanol–water partition coefficient (Wildman–Crippen LogP) is 4.24.